The first-order valence-corrected chi connectivity index (χ1v) is 8.22. The molecule has 0 bridgehead atoms. The van der Waals surface area contributed by atoms with E-state index in [1.165, 1.54) is 12.8 Å². The van der Waals surface area contributed by atoms with Crippen LogP contribution in [0.2, 0.25) is 0 Å². The molecular formula is C18H27NO3. The highest BCUT2D eigenvalue weighted by Gasteiger charge is 2.48. The summed E-state index contributed by atoms with van der Waals surface area (Å²) in [7, 11) is 1.64. The molecule has 0 saturated carbocycles. The summed E-state index contributed by atoms with van der Waals surface area (Å²) in [6.45, 7) is 8.46. The van der Waals surface area contributed by atoms with Crippen molar-refractivity contribution in [3.05, 3.63) is 23.8 Å². The van der Waals surface area contributed by atoms with E-state index in [4.69, 9.17) is 9.47 Å². The molecule has 1 N–H and O–H groups in total. The van der Waals surface area contributed by atoms with Crippen LogP contribution in [0.1, 0.15) is 45.3 Å². The zero-order chi connectivity index (χ0) is 15.9. The van der Waals surface area contributed by atoms with E-state index in [1.807, 2.05) is 18.2 Å². The highest BCUT2D eigenvalue weighted by molar-refractivity contribution is 5.49. The predicted octanol–water partition coefficient (Wildman–Crippen LogP) is 3.00. The second-order valence-electron chi connectivity index (χ2n) is 7.21. The number of methoxy groups -OCH3 is 1. The smallest absolute Gasteiger partial charge is 0.129 e. The molecule has 0 radical (unpaired) electrons. The summed E-state index contributed by atoms with van der Waals surface area (Å²) in [6, 6.07) is 5.65. The average molecular weight is 305 g/mol. The molecule has 1 aromatic carbocycles. The maximum Gasteiger partial charge on any atom is 0.129 e. The third-order valence-electron chi connectivity index (χ3n) is 5.01. The number of nitrogens with zero attached hydrogens (tertiary/aromatic N) is 1. The Hall–Kier alpha value is -1.26. The minimum Gasteiger partial charge on any atom is -0.496 e. The number of fused-ring (bicyclic) bond motifs is 1. The van der Waals surface area contributed by atoms with Crippen molar-refractivity contribution in [2.75, 3.05) is 20.2 Å². The molecule has 3 unspecified atom stereocenters. The number of rotatable bonds is 2. The van der Waals surface area contributed by atoms with Crippen molar-refractivity contribution in [2.45, 2.75) is 51.4 Å². The van der Waals surface area contributed by atoms with Crippen molar-refractivity contribution >= 4 is 0 Å². The molecule has 122 valence electrons. The molecule has 2 aliphatic heterocycles. The van der Waals surface area contributed by atoms with Crippen LogP contribution in [-0.4, -0.2) is 41.8 Å². The van der Waals surface area contributed by atoms with Crippen molar-refractivity contribution in [3.8, 4) is 11.5 Å². The topological polar surface area (TPSA) is 41.9 Å². The monoisotopic (exact) mass is 305 g/mol. The summed E-state index contributed by atoms with van der Waals surface area (Å²) < 4.78 is 11.7. The van der Waals surface area contributed by atoms with Crippen molar-refractivity contribution in [1.82, 2.24) is 4.90 Å². The number of hydrogen-bond donors (Lipinski definition) is 1. The van der Waals surface area contributed by atoms with Crippen LogP contribution in [0.15, 0.2) is 18.2 Å². The van der Waals surface area contributed by atoms with E-state index in [0.717, 1.165) is 24.4 Å². The molecule has 1 saturated heterocycles. The molecular weight excluding hydrogens is 278 g/mol. The van der Waals surface area contributed by atoms with Gasteiger partial charge in [0.1, 0.15) is 23.2 Å². The summed E-state index contributed by atoms with van der Waals surface area (Å²) in [5, 5.41) is 11.1. The second-order valence-corrected chi connectivity index (χ2v) is 7.21. The first-order chi connectivity index (χ1) is 10.4. The van der Waals surface area contributed by atoms with Crippen molar-refractivity contribution < 1.29 is 14.6 Å². The summed E-state index contributed by atoms with van der Waals surface area (Å²) in [6.07, 6.45) is 1.85. The van der Waals surface area contributed by atoms with E-state index in [0.29, 0.717) is 11.7 Å². The standard InChI is InChI=1S/C18H27NO3/c1-12-7-6-10-19(11-12)17-16(20)15-13(21-4)8-5-9-14(15)22-18(17,2)3/h5,8-9,12,16-17,20H,6-7,10-11H2,1-4H3. The molecule has 2 heterocycles. The van der Waals surface area contributed by atoms with Crippen molar-refractivity contribution in [1.29, 1.82) is 0 Å². The van der Waals surface area contributed by atoms with Crippen molar-refractivity contribution in [3.63, 3.8) is 0 Å². The number of aliphatic hydroxyl groups is 1. The van der Waals surface area contributed by atoms with Gasteiger partial charge in [0.25, 0.3) is 0 Å². The molecule has 4 heteroatoms. The molecule has 2 aliphatic rings. The Morgan fingerprint density at radius 1 is 1.36 bits per heavy atom. The van der Waals surface area contributed by atoms with Gasteiger partial charge in [-0.05, 0) is 51.3 Å². The van der Waals surface area contributed by atoms with Gasteiger partial charge in [-0.15, -0.1) is 0 Å². The van der Waals surface area contributed by atoms with Crippen LogP contribution in [0.5, 0.6) is 11.5 Å². The van der Waals surface area contributed by atoms with Gasteiger partial charge < -0.3 is 14.6 Å². The Kier molecular flexibility index (Phi) is 4.08. The summed E-state index contributed by atoms with van der Waals surface area (Å²) in [5.41, 5.74) is 0.350. The number of benzene rings is 1. The number of likely N-dealkylation sites (tertiary alicyclic amines) is 1. The SMILES string of the molecule is COc1cccc2c1C(O)C(N1CCCC(C)C1)C(C)(C)O2. The summed E-state index contributed by atoms with van der Waals surface area (Å²) >= 11 is 0. The molecule has 0 spiro atoms. The Labute approximate surface area is 133 Å². The fourth-order valence-corrected chi connectivity index (χ4v) is 4.08. The van der Waals surface area contributed by atoms with Gasteiger partial charge in [-0.25, -0.2) is 0 Å². The fourth-order valence-electron chi connectivity index (χ4n) is 4.08. The second kappa shape index (κ2) is 5.74. The number of hydrogen-bond acceptors (Lipinski definition) is 4. The average Bonchev–Trinajstić information content (AvgIpc) is 2.45. The van der Waals surface area contributed by atoms with Crippen LogP contribution in [0, 0.1) is 5.92 Å². The molecule has 4 nitrogen and oxygen atoms in total. The van der Waals surface area contributed by atoms with Crippen LogP contribution >= 0.6 is 0 Å². The molecule has 1 aromatic rings. The van der Waals surface area contributed by atoms with Gasteiger partial charge in [0.15, 0.2) is 0 Å². The van der Waals surface area contributed by atoms with Gasteiger partial charge in [0, 0.05) is 6.54 Å². The summed E-state index contributed by atoms with van der Waals surface area (Å²) in [5.74, 6) is 2.10. The Morgan fingerprint density at radius 3 is 2.82 bits per heavy atom. The number of piperidine rings is 1. The lowest BCUT2D eigenvalue weighted by Crippen LogP contribution is -2.59. The molecule has 0 aromatic heterocycles. The fraction of sp³-hybridized carbons (Fsp3) is 0.667. The minimum atomic E-state index is -0.597. The quantitative estimate of drug-likeness (QED) is 0.912. The Balaban J connectivity index is 1.99. The molecule has 0 aliphatic carbocycles. The molecule has 3 atom stereocenters. The zero-order valence-corrected chi connectivity index (χ0v) is 14.0. The van der Waals surface area contributed by atoms with Crippen LogP contribution < -0.4 is 9.47 Å². The highest BCUT2D eigenvalue weighted by Crippen LogP contribution is 2.46. The van der Waals surface area contributed by atoms with Gasteiger partial charge in [-0.1, -0.05) is 13.0 Å². The van der Waals surface area contributed by atoms with Crippen LogP contribution in [0.25, 0.3) is 0 Å². The van der Waals surface area contributed by atoms with E-state index in [2.05, 4.69) is 25.7 Å². The van der Waals surface area contributed by atoms with E-state index in [9.17, 15) is 5.11 Å². The maximum absolute atomic E-state index is 11.1. The van der Waals surface area contributed by atoms with E-state index < -0.39 is 11.7 Å². The van der Waals surface area contributed by atoms with E-state index >= 15 is 0 Å². The molecule has 22 heavy (non-hydrogen) atoms. The third kappa shape index (κ3) is 2.59. The van der Waals surface area contributed by atoms with E-state index in [-0.39, 0.29) is 6.04 Å². The van der Waals surface area contributed by atoms with Gasteiger partial charge in [0.2, 0.25) is 0 Å². The normalized spacial score (nSPS) is 31.2. The maximum atomic E-state index is 11.1. The van der Waals surface area contributed by atoms with Crippen LogP contribution in [-0.2, 0) is 0 Å². The lowest BCUT2D eigenvalue weighted by molar-refractivity contribution is -0.0927. The van der Waals surface area contributed by atoms with Gasteiger partial charge in [0.05, 0.1) is 18.7 Å². The van der Waals surface area contributed by atoms with E-state index in [1.54, 1.807) is 7.11 Å². The van der Waals surface area contributed by atoms with Gasteiger partial charge >= 0.3 is 0 Å². The predicted molar refractivity (Wildman–Crippen MR) is 86.4 cm³/mol. The zero-order valence-electron chi connectivity index (χ0n) is 14.0. The Morgan fingerprint density at radius 2 is 2.14 bits per heavy atom. The van der Waals surface area contributed by atoms with Gasteiger partial charge in [-0.2, -0.15) is 0 Å². The molecule has 1 fully saturated rings. The minimum absolute atomic E-state index is 0.0564. The third-order valence-corrected chi connectivity index (χ3v) is 5.01. The summed E-state index contributed by atoms with van der Waals surface area (Å²) in [4.78, 5) is 2.40. The number of ether oxygens (including phenoxy) is 2. The van der Waals surface area contributed by atoms with Crippen molar-refractivity contribution in [2.24, 2.45) is 5.92 Å². The number of aliphatic hydroxyl groups excluding tert-OH is 1. The lowest BCUT2D eigenvalue weighted by atomic mass is 9.83. The van der Waals surface area contributed by atoms with Crippen LogP contribution in [0.3, 0.4) is 0 Å². The van der Waals surface area contributed by atoms with Crippen LogP contribution in [0.4, 0.5) is 0 Å². The first-order valence-electron chi connectivity index (χ1n) is 8.22. The lowest BCUT2D eigenvalue weighted by Gasteiger charge is -2.50. The van der Waals surface area contributed by atoms with Gasteiger partial charge in [-0.3, -0.25) is 4.90 Å². The first kappa shape index (κ1) is 15.6. The Bertz CT molecular complexity index is 543. The largest absolute Gasteiger partial charge is 0.496 e. The highest BCUT2D eigenvalue weighted by atomic mass is 16.5. The molecule has 0 amide bonds. The molecule has 3 rings (SSSR count).